The predicted molar refractivity (Wildman–Crippen MR) is 118 cm³/mol. The molecule has 0 aliphatic carbocycles. The molecule has 0 N–H and O–H groups in total. The van der Waals surface area contributed by atoms with Crippen LogP contribution in [0.25, 0.3) is 5.57 Å². The highest BCUT2D eigenvalue weighted by Gasteiger charge is 2.39. The van der Waals surface area contributed by atoms with E-state index in [4.69, 9.17) is 13.9 Å². The van der Waals surface area contributed by atoms with Gasteiger partial charge in [0.1, 0.15) is 11.6 Å². The van der Waals surface area contributed by atoms with E-state index in [1.807, 2.05) is 0 Å². The molecule has 0 saturated carbocycles. The van der Waals surface area contributed by atoms with E-state index in [9.17, 15) is 14.0 Å². The van der Waals surface area contributed by atoms with Gasteiger partial charge in [0.05, 0.1) is 43.3 Å². The van der Waals surface area contributed by atoms with Crippen molar-refractivity contribution < 1.29 is 27.9 Å². The molecule has 2 heterocycles. The number of furan rings is 1. The lowest BCUT2D eigenvalue weighted by atomic mass is 10.1. The first kappa shape index (κ1) is 21.7. The third kappa shape index (κ3) is 4.27. The molecule has 4 rings (SSSR count). The SMILES string of the molecule is COc1ccc(C2=C(SCc3ccco3)C(=O)N(Cc3ccc(F)cc3)C2=O)cc1OC. The van der Waals surface area contributed by atoms with Crippen molar-refractivity contribution in [3.8, 4) is 11.5 Å². The van der Waals surface area contributed by atoms with Crippen molar-refractivity contribution in [1.29, 1.82) is 0 Å². The molecular formula is C24H20FNO5S. The second-order valence-electron chi connectivity index (χ2n) is 6.96. The Balaban J connectivity index is 1.71. The number of carbonyl (C=O) groups is 2. The Labute approximate surface area is 188 Å². The molecule has 32 heavy (non-hydrogen) atoms. The van der Waals surface area contributed by atoms with E-state index in [2.05, 4.69) is 0 Å². The lowest BCUT2D eigenvalue weighted by Crippen LogP contribution is -2.30. The molecule has 0 atom stereocenters. The fourth-order valence-electron chi connectivity index (χ4n) is 3.39. The van der Waals surface area contributed by atoms with Gasteiger partial charge in [-0.3, -0.25) is 14.5 Å². The summed E-state index contributed by atoms with van der Waals surface area (Å²) in [6.45, 7) is 0.0412. The van der Waals surface area contributed by atoms with E-state index in [0.717, 1.165) is 0 Å². The van der Waals surface area contributed by atoms with Crippen molar-refractivity contribution in [2.75, 3.05) is 14.2 Å². The highest BCUT2D eigenvalue weighted by atomic mass is 32.2. The Bertz CT molecular complexity index is 1170. The van der Waals surface area contributed by atoms with Gasteiger partial charge in [-0.15, -0.1) is 11.8 Å². The number of carbonyl (C=O) groups excluding carboxylic acids is 2. The summed E-state index contributed by atoms with van der Waals surface area (Å²) >= 11 is 1.24. The Morgan fingerprint density at radius 2 is 1.72 bits per heavy atom. The summed E-state index contributed by atoms with van der Waals surface area (Å²) in [7, 11) is 3.03. The van der Waals surface area contributed by atoms with Crippen molar-refractivity contribution in [3.05, 3.63) is 88.5 Å². The first-order chi connectivity index (χ1) is 15.5. The van der Waals surface area contributed by atoms with Gasteiger partial charge in [-0.25, -0.2) is 4.39 Å². The van der Waals surface area contributed by atoms with E-state index in [1.165, 1.54) is 43.0 Å². The van der Waals surface area contributed by atoms with Crippen LogP contribution in [0.2, 0.25) is 0 Å². The average Bonchev–Trinajstić information content (AvgIpc) is 3.41. The van der Waals surface area contributed by atoms with Crippen LogP contribution in [0.1, 0.15) is 16.9 Å². The van der Waals surface area contributed by atoms with E-state index in [1.54, 1.807) is 48.7 Å². The monoisotopic (exact) mass is 453 g/mol. The number of amides is 2. The number of thioether (sulfide) groups is 1. The van der Waals surface area contributed by atoms with E-state index < -0.39 is 11.8 Å². The number of rotatable bonds is 8. The Morgan fingerprint density at radius 3 is 2.38 bits per heavy atom. The van der Waals surface area contributed by atoms with Gasteiger partial charge >= 0.3 is 0 Å². The maximum absolute atomic E-state index is 13.4. The molecule has 1 aliphatic rings. The van der Waals surface area contributed by atoms with Crippen molar-refractivity contribution in [2.24, 2.45) is 0 Å². The second-order valence-corrected chi connectivity index (χ2v) is 7.95. The molecule has 164 valence electrons. The Morgan fingerprint density at radius 1 is 0.969 bits per heavy atom. The smallest absolute Gasteiger partial charge is 0.268 e. The highest BCUT2D eigenvalue weighted by molar-refractivity contribution is 8.03. The van der Waals surface area contributed by atoms with Crippen LogP contribution in [-0.4, -0.2) is 30.9 Å². The van der Waals surface area contributed by atoms with Gasteiger partial charge in [-0.2, -0.15) is 0 Å². The number of ether oxygens (including phenoxy) is 2. The van der Waals surface area contributed by atoms with Crippen molar-refractivity contribution >= 4 is 29.1 Å². The fourth-order valence-corrected chi connectivity index (χ4v) is 4.42. The molecule has 6 nitrogen and oxygen atoms in total. The Hall–Kier alpha value is -3.52. The van der Waals surface area contributed by atoms with Gasteiger partial charge in [0.2, 0.25) is 0 Å². The molecule has 8 heteroatoms. The second kappa shape index (κ2) is 9.32. The zero-order chi connectivity index (χ0) is 22.7. The van der Waals surface area contributed by atoms with Gasteiger partial charge in [0.15, 0.2) is 11.5 Å². The van der Waals surface area contributed by atoms with Crippen LogP contribution in [0, 0.1) is 5.82 Å². The molecule has 0 spiro atoms. The van der Waals surface area contributed by atoms with Crippen molar-refractivity contribution in [2.45, 2.75) is 12.3 Å². The zero-order valence-corrected chi connectivity index (χ0v) is 18.3. The average molecular weight is 453 g/mol. The summed E-state index contributed by atoms with van der Waals surface area (Å²) in [4.78, 5) is 28.1. The lowest BCUT2D eigenvalue weighted by molar-refractivity contribution is -0.137. The van der Waals surface area contributed by atoms with Gasteiger partial charge in [0, 0.05) is 0 Å². The molecule has 0 bridgehead atoms. The number of halogens is 1. The van der Waals surface area contributed by atoms with Crippen LogP contribution in [-0.2, 0) is 21.9 Å². The largest absolute Gasteiger partial charge is 0.493 e. The first-order valence-corrected chi connectivity index (χ1v) is 10.7. The van der Waals surface area contributed by atoms with Crippen LogP contribution in [0.3, 0.4) is 0 Å². The van der Waals surface area contributed by atoms with Gasteiger partial charge in [-0.05, 0) is 47.5 Å². The van der Waals surface area contributed by atoms with Gasteiger partial charge < -0.3 is 13.9 Å². The molecule has 2 amide bonds. The fraction of sp³-hybridized carbons (Fsp3) is 0.167. The number of imide groups is 1. The normalized spacial score (nSPS) is 13.8. The molecule has 0 fully saturated rings. The third-order valence-corrected chi connectivity index (χ3v) is 6.09. The third-order valence-electron chi connectivity index (χ3n) is 4.99. The van der Waals surface area contributed by atoms with Gasteiger partial charge in [-0.1, -0.05) is 18.2 Å². The van der Waals surface area contributed by atoms with Crippen LogP contribution >= 0.6 is 11.8 Å². The van der Waals surface area contributed by atoms with Crippen LogP contribution in [0.5, 0.6) is 11.5 Å². The number of hydrogen-bond acceptors (Lipinski definition) is 6. The van der Waals surface area contributed by atoms with Gasteiger partial charge in [0.25, 0.3) is 11.8 Å². The summed E-state index contributed by atoms with van der Waals surface area (Å²) in [6.07, 6.45) is 1.56. The summed E-state index contributed by atoms with van der Waals surface area (Å²) in [6, 6.07) is 14.4. The summed E-state index contributed by atoms with van der Waals surface area (Å²) in [5.41, 5.74) is 1.48. The molecular weight excluding hydrogens is 433 g/mol. The quantitative estimate of drug-likeness (QED) is 0.463. The van der Waals surface area contributed by atoms with Crippen molar-refractivity contribution in [3.63, 3.8) is 0 Å². The van der Waals surface area contributed by atoms with E-state index >= 15 is 0 Å². The number of methoxy groups -OCH3 is 2. The standard InChI is InChI=1S/C24H20FNO5S/c1-29-19-10-7-16(12-20(19)30-2)21-22(32-14-18-4-3-11-31-18)24(28)26(23(21)27)13-15-5-8-17(25)9-6-15/h3-12H,13-14H2,1-2H3. The predicted octanol–water partition coefficient (Wildman–Crippen LogP) is 4.65. The molecule has 1 aliphatic heterocycles. The minimum Gasteiger partial charge on any atom is -0.493 e. The highest BCUT2D eigenvalue weighted by Crippen LogP contribution is 2.40. The summed E-state index contributed by atoms with van der Waals surface area (Å²) in [5, 5.41) is 0. The Kier molecular flexibility index (Phi) is 6.32. The summed E-state index contributed by atoms with van der Waals surface area (Å²) < 4.78 is 29.3. The number of nitrogens with zero attached hydrogens (tertiary/aromatic N) is 1. The number of benzene rings is 2. The van der Waals surface area contributed by atoms with Crippen LogP contribution in [0.4, 0.5) is 4.39 Å². The van der Waals surface area contributed by atoms with Crippen molar-refractivity contribution in [1.82, 2.24) is 4.90 Å². The minimum absolute atomic E-state index is 0.0412. The molecule has 2 aromatic carbocycles. The topological polar surface area (TPSA) is 69.0 Å². The number of hydrogen-bond donors (Lipinski definition) is 0. The first-order valence-electron chi connectivity index (χ1n) is 9.74. The molecule has 0 unspecified atom stereocenters. The minimum atomic E-state index is -0.423. The van der Waals surface area contributed by atoms with E-state index in [-0.39, 0.29) is 17.9 Å². The van der Waals surface area contributed by atoms with Crippen LogP contribution < -0.4 is 9.47 Å². The molecule has 3 aromatic rings. The molecule has 0 radical (unpaired) electrons. The summed E-state index contributed by atoms with van der Waals surface area (Å²) in [5.74, 6) is 0.835. The van der Waals surface area contributed by atoms with Crippen LogP contribution in [0.15, 0.2) is 70.2 Å². The molecule has 1 aromatic heterocycles. The van der Waals surface area contributed by atoms with E-state index in [0.29, 0.717) is 39.0 Å². The zero-order valence-electron chi connectivity index (χ0n) is 17.5. The lowest BCUT2D eigenvalue weighted by Gasteiger charge is -2.15. The molecule has 0 saturated heterocycles. The maximum atomic E-state index is 13.4. The maximum Gasteiger partial charge on any atom is 0.268 e.